The maximum absolute atomic E-state index is 12.1. The number of amides is 1. The number of nitrogens with zero attached hydrogens (tertiary/aromatic N) is 2. The number of hydrogen-bond donors (Lipinski definition) is 0. The molecule has 0 aromatic carbocycles. The number of hydrogen-bond acceptors (Lipinski definition) is 3. The fourth-order valence-corrected chi connectivity index (χ4v) is 1.60. The first-order valence-corrected chi connectivity index (χ1v) is 6.35. The highest BCUT2D eigenvalue weighted by Crippen LogP contribution is 2.17. The molecule has 1 aromatic heterocycles. The molecule has 1 heterocycles. The van der Waals surface area contributed by atoms with Crippen molar-refractivity contribution in [2.24, 2.45) is 0 Å². The molecule has 0 radical (unpaired) electrons. The average Bonchev–Trinajstić information content (AvgIpc) is 2.34. The number of rotatable bonds is 5. The second-order valence-corrected chi connectivity index (χ2v) is 5.44. The standard InChI is InChI=1S/C12H17BrN2O2/c1-9(13)5-7-15(2)12(16)10-4-6-14-8-11(10)17-3/h4,6,8-9H,5,7H2,1-3H3. The van der Waals surface area contributed by atoms with Gasteiger partial charge in [-0.1, -0.05) is 22.9 Å². The van der Waals surface area contributed by atoms with Crippen molar-refractivity contribution in [3.63, 3.8) is 0 Å². The lowest BCUT2D eigenvalue weighted by atomic mass is 10.2. The first kappa shape index (κ1) is 14.0. The van der Waals surface area contributed by atoms with Crippen LogP contribution in [-0.2, 0) is 0 Å². The number of halogens is 1. The molecule has 1 rings (SSSR count). The number of ether oxygens (including phenoxy) is 1. The summed E-state index contributed by atoms with van der Waals surface area (Å²) in [5.41, 5.74) is 0.548. The number of carbonyl (C=O) groups is 1. The predicted octanol–water partition coefficient (Wildman–Crippen LogP) is 2.34. The highest BCUT2D eigenvalue weighted by atomic mass is 79.9. The van der Waals surface area contributed by atoms with Gasteiger partial charge in [-0.2, -0.15) is 0 Å². The molecule has 1 aromatic rings. The zero-order chi connectivity index (χ0) is 12.8. The molecular weight excluding hydrogens is 284 g/mol. The van der Waals surface area contributed by atoms with Crippen LogP contribution in [0, 0.1) is 0 Å². The molecule has 0 spiro atoms. The molecule has 1 atom stereocenters. The van der Waals surface area contributed by atoms with Crippen molar-refractivity contribution in [1.29, 1.82) is 0 Å². The van der Waals surface area contributed by atoms with Gasteiger partial charge in [0.15, 0.2) is 0 Å². The first-order valence-electron chi connectivity index (χ1n) is 5.43. The molecule has 5 heteroatoms. The van der Waals surface area contributed by atoms with Gasteiger partial charge in [-0.25, -0.2) is 0 Å². The minimum Gasteiger partial charge on any atom is -0.494 e. The minimum atomic E-state index is -0.0441. The lowest BCUT2D eigenvalue weighted by Gasteiger charge is -2.19. The quantitative estimate of drug-likeness (QED) is 0.784. The second kappa shape index (κ2) is 6.59. The molecule has 0 N–H and O–H groups in total. The van der Waals surface area contributed by atoms with Crippen LogP contribution in [0.4, 0.5) is 0 Å². The Bertz CT molecular complexity index is 383. The largest absolute Gasteiger partial charge is 0.494 e. The Hall–Kier alpha value is -1.10. The van der Waals surface area contributed by atoms with Gasteiger partial charge in [0, 0.05) is 24.6 Å². The molecule has 0 fully saturated rings. The van der Waals surface area contributed by atoms with E-state index in [9.17, 15) is 4.79 Å². The molecule has 0 aliphatic carbocycles. The Labute approximate surface area is 110 Å². The average molecular weight is 301 g/mol. The van der Waals surface area contributed by atoms with E-state index in [1.807, 2.05) is 0 Å². The van der Waals surface area contributed by atoms with Gasteiger partial charge in [0.2, 0.25) is 0 Å². The Kier molecular flexibility index (Phi) is 5.41. The van der Waals surface area contributed by atoms with E-state index in [2.05, 4.69) is 27.8 Å². The maximum Gasteiger partial charge on any atom is 0.257 e. The Morgan fingerprint density at radius 2 is 2.35 bits per heavy atom. The van der Waals surface area contributed by atoms with E-state index < -0.39 is 0 Å². The topological polar surface area (TPSA) is 42.4 Å². The van der Waals surface area contributed by atoms with Gasteiger partial charge in [0.05, 0.1) is 18.9 Å². The van der Waals surface area contributed by atoms with Crippen molar-refractivity contribution in [1.82, 2.24) is 9.88 Å². The Morgan fingerprint density at radius 3 is 2.94 bits per heavy atom. The maximum atomic E-state index is 12.1. The molecule has 0 bridgehead atoms. The van der Waals surface area contributed by atoms with Gasteiger partial charge < -0.3 is 9.64 Å². The van der Waals surface area contributed by atoms with Gasteiger partial charge in [-0.05, 0) is 12.5 Å². The summed E-state index contributed by atoms with van der Waals surface area (Å²) in [5, 5.41) is 0. The first-order chi connectivity index (χ1) is 8.06. The van der Waals surface area contributed by atoms with Gasteiger partial charge in [-0.15, -0.1) is 0 Å². The van der Waals surface area contributed by atoms with E-state index in [0.29, 0.717) is 22.7 Å². The molecule has 94 valence electrons. The van der Waals surface area contributed by atoms with Gasteiger partial charge in [0.1, 0.15) is 5.75 Å². The number of methoxy groups -OCH3 is 1. The van der Waals surface area contributed by atoms with Crippen molar-refractivity contribution in [3.8, 4) is 5.75 Å². The Balaban J connectivity index is 2.74. The third-order valence-electron chi connectivity index (χ3n) is 2.44. The van der Waals surface area contributed by atoms with E-state index in [1.54, 1.807) is 30.4 Å². The number of pyridine rings is 1. The summed E-state index contributed by atoms with van der Waals surface area (Å²) < 4.78 is 5.12. The molecule has 1 amide bonds. The Morgan fingerprint density at radius 1 is 1.65 bits per heavy atom. The van der Waals surface area contributed by atoms with Crippen LogP contribution in [0.5, 0.6) is 5.75 Å². The molecule has 1 unspecified atom stereocenters. The third kappa shape index (κ3) is 4.00. The lowest BCUT2D eigenvalue weighted by Crippen LogP contribution is -2.29. The minimum absolute atomic E-state index is 0.0441. The smallest absolute Gasteiger partial charge is 0.257 e. The monoisotopic (exact) mass is 300 g/mol. The van der Waals surface area contributed by atoms with Gasteiger partial charge in [-0.3, -0.25) is 9.78 Å². The van der Waals surface area contributed by atoms with E-state index in [-0.39, 0.29) is 5.91 Å². The summed E-state index contributed by atoms with van der Waals surface area (Å²) in [5.74, 6) is 0.466. The van der Waals surface area contributed by atoms with E-state index >= 15 is 0 Å². The molecule has 0 saturated heterocycles. The van der Waals surface area contributed by atoms with Gasteiger partial charge in [0.25, 0.3) is 5.91 Å². The van der Waals surface area contributed by atoms with E-state index in [1.165, 1.54) is 7.11 Å². The van der Waals surface area contributed by atoms with Crippen LogP contribution >= 0.6 is 15.9 Å². The van der Waals surface area contributed by atoms with Crippen molar-refractivity contribution in [3.05, 3.63) is 24.0 Å². The molecule has 0 saturated carbocycles. The van der Waals surface area contributed by atoms with Crippen molar-refractivity contribution in [2.45, 2.75) is 18.2 Å². The fraction of sp³-hybridized carbons (Fsp3) is 0.500. The van der Waals surface area contributed by atoms with Crippen LogP contribution < -0.4 is 4.74 Å². The third-order valence-corrected chi connectivity index (χ3v) is 2.90. The molecule has 4 nitrogen and oxygen atoms in total. The normalized spacial score (nSPS) is 12.0. The van der Waals surface area contributed by atoms with Crippen molar-refractivity contribution < 1.29 is 9.53 Å². The van der Waals surface area contributed by atoms with E-state index in [0.717, 1.165) is 6.42 Å². The summed E-state index contributed by atoms with van der Waals surface area (Å²) in [7, 11) is 3.33. The highest BCUT2D eigenvalue weighted by molar-refractivity contribution is 9.09. The summed E-state index contributed by atoms with van der Waals surface area (Å²) in [6.07, 6.45) is 4.06. The van der Waals surface area contributed by atoms with Gasteiger partial charge >= 0.3 is 0 Å². The van der Waals surface area contributed by atoms with Crippen LogP contribution in [0.1, 0.15) is 23.7 Å². The summed E-state index contributed by atoms with van der Waals surface area (Å²) in [4.78, 5) is 18.2. The van der Waals surface area contributed by atoms with Crippen LogP contribution in [0.25, 0.3) is 0 Å². The van der Waals surface area contributed by atoms with Crippen LogP contribution in [-0.4, -0.2) is 41.3 Å². The summed E-state index contributed by atoms with van der Waals surface area (Å²) in [6, 6.07) is 1.68. The molecular formula is C12H17BrN2O2. The number of aromatic nitrogens is 1. The van der Waals surface area contributed by atoms with Crippen LogP contribution in [0.2, 0.25) is 0 Å². The SMILES string of the molecule is COc1cnccc1C(=O)N(C)CCC(C)Br. The van der Waals surface area contributed by atoms with Crippen molar-refractivity contribution in [2.75, 3.05) is 20.7 Å². The molecule has 0 aliphatic rings. The lowest BCUT2D eigenvalue weighted by molar-refractivity contribution is 0.0790. The number of carbonyl (C=O) groups excluding carboxylic acids is 1. The highest BCUT2D eigenvalue weighted by Gasteiger charge is 2.16. The predicted molar refractivity (Wildman–Crippen MR) is 70.8 cm³/mol. The number of alkyl halides is 1. The van der Waals surface area contributed by atoms with E-state index in [4.69, 9.17) is 4.74 Å². The zero-order valence-electron chi connectivity index (χ0n) is 10.3. The summed E-state index contributed by atoms with van der Waals surface area (Å²) in [6.45, 7) is 2.77. The summed E-state index contributed by atoms with van der Waals surface area (Å²) >= 11 is 3.46. The fourth-order valence-electron chi connectivity index (χ4n) is 1.40. The zero-order valence-corrected chi connectivity index (χ0v) is 11.9. The van der Waals surface area contributed by atoms with Crippen LogP contribution in [0.3, 0.4) is 0 Å². The molecule has 0 aliphatic heterocycles. The second-order valence-electron chi connectivity index (χ2n) is 3.87. The molecule has 17 heavy (non-hydrogen) atoms. The van der Waals surface area contributed by atoms with Crippen LogP contribution in [0.15, 0.2) is 18.5 Å². The van der Waals surface area contributed by atoms with Crippen molar-refractivity contribution >= 4 is 21.8 Å².